The van der Waals surface area contributed by atoms with Crippen molar-refractivity contribution >= 4 is 21.8 Å². The van der Waals surface area contributed by atoms with Crippen molar-refractivity contribution < 1.29 is 0 Å². The first-order valence-corrected chi connectivity index (χ1v) is 8.08. The molecule has 1 aliphatic rings. The molecule has 5 rings (SSSR count). The number of pyridine rings is 1. The SMILES string of the molecule is c1cnc2ccc([C@H]3NCCc4c3[nH]c3ccccc43)cc2c1. The summed E-state index contributed by atoms with van der Waals surface area (Å²) in [5.74, 6) is 0. The van der Waals surface area contributed by atoms with E-state index in [1.807, 2.05) is 12.3 Å². The maximum Gasteiger partial charge on any atom is 0.0732 e. The monoisotopic (exact) mass is 299 g/mol. The highest BCUT2D eigenvalue weighted by Gasteiger charge is 2.25. The third-order valence-corrected chi connectivity index (χ3v) is 4.82. The van der Waals surface area contributed by atoms with Crippen LogP contribution in [0.2, 0.25) is 0 Å². The van der Waals surface area contributed by atoms with Crippen molar-refractivity contribution in [3.63, 3.8) is 0 Å². The summed E-state index contributed by atoms with van der Waals surface area (Å²) in [6.45, 7) is 1.00. The smallest absolute Gasteiger partial charge is 0.0732 e. The molecular formula is C20H17N3. The van der Waals surface area contributed by atoms with Crippen molar-refractivity contribution in [3.05, 3.63) is 77.6 Å². The number of aromatic amines is 1. The molecule has 0 saturated heterocycles. The topological polar surface area (TPSA) is 40.7 Å². The Kier molecular flexibility index (Phi) is 2.76. The first-order valence-electron chi connectivity index (χ1n) is 8.08. The molecule has 0 bridgehead atoms. The molecule has 2 aromatic carbocycles. The summed E-state index contributed by atoms with van der Waals surface area (Å²) >= 11 is 0. The number of hydrogen-bond donors (Lipinski definition) is 2. The first kappa shape index (κ1) is 12.9. The van der Waals surface area contributed by atoms with Gasteiger partial charge in [-0.1, -0.05) is 30.3 Å². The van der Waals surface area contributed by atoms with Gasteiger partial charge in [-0.25, -0.2) is 0 Å². The Morgan fingerprint density at radius 2 is 1.96 bits per heavy atom. The Hall–Kier alpha value is -2.65. The highest BCUT2D eigenvalue weighted by Crippen LogP contribution is 2.34. The number of fused-ring (bicyclic) bond motifs is 4. The maximum atomic E-state index is 4.42. The molecule has 0 spiro atoms. The van der Waals surface area contributed by atoms with E-state index in [9.17, 15) is 0 Å². The van der Waals surface area contributed by atoms with Crippen molar-refractivity contribution in [1.82, 2.24) is 15.3 Å². The maximum absolute atomic E-state index is 4.42. The molecule has 23 heavy (non-hydrogen) atoms. The lowest BCUT2D eigenvalue weighted by molar-refractivity contribution is 0.561. The second kappa shape index (κ2) is 4.93. The van der Waals surface area contributed by atoms with Gasteiger partial charge in [0.25, 0.3) is 0 Å². The van der Waals surface area contributed by atoms with Crippen molar-refractivity contribution in [2.24, 2.45) is 0 Å². The van der Waals surface area contributed by atoms with Crippen LogP contribution in [-0.4, -0.2) is 16.5 Å². The fourth-order valence-electron chi connectivity index (χ4n) is 3.74. The average Bonchev–Trinajstić information content (AvgIpc) is 3.00. The fraction of sp³-hybridized carbons (Fsp3) is 0.150. The standard InChI is InChI=1S/C20H17N3/c1-2-6-18-15(5-1)16-9-11-22-19(20(16)23-18)14-7-8-17-13(12-14)4-3-10-21-17/h1-8,10,12,19,22-23H,9,11H2/t19-/m1/s1. The zero-order valence-electron chi connectivity index (χ0n) is 12.7. The average molecular weight is 299 g/mol. The lowest BCUT2D eigenvalue weighted by Gasteiger charge is -2.25. The summed E-state index contributed by atoms with van der Waals surface area (Å²) in [6.07, 6.45) is 2.92. The molecule has 1 atom stereocenters. The second-order valence-corrected chi connectivity index (χ2v) is 6.16. The lowest BCUT2D eigenvalue weighted by Crippen LogP contribution is -2.30. The molecule has 1 aliphatic heterocycles. The lowest BCUT2D eigenvalue weighted by atomic mass is 9.93. The Morgan fingerprint density at radius 1 is 1.00 bits per heavy atom. The van der Waals surface area contributed by atoms with Crippen LogP contribution in [-0.2, 0) is 6.42 Å². The van der Waals surface area contributed by atoms with Crippen molar-refractivity contribution in [1.29, 1.82) is 0 Å². The number of nitrogens with one attached hydrogen (secondary N) is 2. The molecule has 2 N–H and O–H groups in total. The summed E-state index contributed by atoms with van der Waals surface area (Å²) in [6, 6.07) is 19.5. The number of para-hydroxylation sites is 1. The van der Waals surface area contributed by atoms with E-state index in [0.717, 1.165) is 18.5 Å². The van der Waals surface area contributed by atoms with Gasteiger partial charge in [0, 0.05) is 34.7 Å². The van der Waals surface area contributed by atoms with Crippen LogP contribution >= 0.6 is 0 Å². The van der Waals surface area contributed by atoms with Crippen LogP contribution in [0.25, 0.3) is 21.8 Å². The van der Waals surface area contributed by atoms with Crippen LogP contribution in [0.3, 0.4) is 0 Å². The number of H-pyrrole nitrogens is 1. The Bertz CT molecular complexity index is 1020. The Morgan fingerprint density at radius 3 is 2.96 bits per heavy atom. The van der Waals surface area contributed by atoms with Crippen LogP contribution in [0, 0.1) is 0 Å². The largest absolute Gasteiger partial charge is 0.357 e. The fourth-order valence-corrected chi connectivity index (χ4v) is 3.74. The van der Waals surface area contributed by atoms with Gasteiger partial charge in [0.2, 0.25) is 0 Å². The molecule has 4 aromatic rings. The molecule has 3 nitrogen and oxygen atoms in total. The minimum atomic E-state index is 0.218. The Balaban J connectivity index is 1.69. The summed E-state index contributed by atoms with van der Waals surface area (Å²) < 4.78 is 0. The van der Waals surface area contributed by atoms with Crippen LogP contribution in [0.5, 0.6) is 0 Å². The van der Waals surface area contributed by atoms with Crippen LogP contribution in [0.15, 0.2) is 60.8 Å². The van der Waals surface area contributed by atoms with E-state index in [2.05, 4.69) is 63.8 Å². The first-order chi connectivity index (χ1) is 11.4. The van der Waals surface area contributed by atoms with Crippen LogP contribution in [0.1, 0.15) is 22.9 Å². The van der Waals surface area contributed by atoms with Gasteiger partial charge >= 0.3 is 0 Å². The Labute approximate surface area is 134 Å². The third-order valence-electron chi connectivity index (χ3n) is 4.82. The predicted octanol–water partition coefficient (Wildman–Crippen LogP) is 3.95. The van der Waals surface area contributed by atoms with Gasteiger partial charge in [-0.2, -0.15) is 0 Å². The zero-order valence-corrected chi connectivity index (χ0v) is 12.7. The van der Waals surface area contributed by atoms with Gasteiger partial charge in [-0.05, 0) is 41.8 Å². The summed E-state index contributed by atoms with van der Waals surface area (Å²) in [4.78, 5) is 8.05. The molecule has 0 amide bonds. The molecular weight excluding hydrogens is 282 g/mol. The van der Waals surface area contributed by atoms with Gasteiger partial charge < -0.3 is 10.3 Å². The molecule has 0 unspecified atom stereocenters. The minimum Gasteiger partial charge on any atom is -0.357 e. The molecule has 2 aromatic heterocycles. The van der Waals surface area contributed by atoms with Gasteiger partial charge in [-0.3, -0.25) is 4.98 Å². The van der Waals surface area contributed by atoms with Crippen molar-refractivity contribution in [3.8, 4) is 0 Å². The number of hydrogen-bond acceptors (Lipinski definition) is 2. The normalized spacial score (nSPS) is 17.5. The third kappa shape index (κ3) is 1.97. The summed E-state index contributed by atoms with van der Waals surface area (Å²) in [5.41, 5.74) is 6.33. The molecule has 0 aliphatic carbocycles. The zero-order chi connectivity index (χ0) is 15.2. The summed E-state index contributed by atoms with van der Waals surface area (Å²) in [7, 11) is 0. The molecule has 3 heterocycles. The second-order valence-electron chi connectivity index (χ2n) is 6.16. The van der Waals surface area contributed by atoms with Crippen LogP contribution < -0.4 is 5.32 Å². The highest BCUT2D eigenvalue weighted by molar-refractivity contribution is 5.85. The van der Waals surface area contributed by atoms with E-state index in [1.165, 1.54) is 33.1 Å². The number of aromatic nitrogens is 2. The van der Waals surface area contributed by atoms with E-state index in [4.69, 9.17) is 0 Å². The molecule has 0 radical (unpaired) electrons. The number of rotatable bonds is 1. The molecule has 112 valence electrons. The van der Waals surface area contributed by atoms with Crippen LogP contribution in [0.4, 0.5) is 0 Å². The number of benzene rings is 2. The summed E-state index contributed by atoms with van der Waals surface area (Å²) in [5, 5.41) is 6.21. The van der Waals surface area contributed by atoms with E-state index < -0.39 is 0 Å². The van der Waals surface area contributed by atoms with Gasteiger partial charge in [-0.15, -0.1) is 0 Å². The van der Waals surface area contributed by atoms with Crippen molar-refractivity contribution in [2.45, 2.75) is 12.5 Å². The predicted molar refractivity (Wildman–Crippen MR) is 93.6 cm³/mol. The van der Waals surface area contributed by atoms with Gasteiger partial charge in [0.1, 0.15) is 0 Å². The van der Waals surface area contributed by atoms with E-state index in [0.29, 0.717) is 0 Å². The van der Waals surface area contributed by atoms with Gasteiger partial charge in [0.15, 0.2) is 0 Å². The minimum absolute atomic E-state index is 0.218. The van der Waals surface area contributed by atoms with E-state index in [-0.39, 0.29) is 6.04 Å². The molecule has 0 fully saturated rings. The molecule has 0 saturated carbocycles. The molecule has 3 heteroatoms. The quantitative estimate of drug-likeness (QED) is 0.559. The van der Waals surface area contributed by atoms with E-state index in [1.54, 1.807) is 0 Å². The highest BCUT2D eigenvalue weighted by atomic mass is 15.0. The van der Waals surface area contributed by atoms with E-state index >= 15 is 0 Å². The van der Waals surface area contributed by atoms with Gasteiger partial charge in [0.05, 0.1) is 11.6 Å². The number of nitrogens with zero attached hydrogens (tertiary/aromatic N) is 1. The van der Waals surface area contributed by atoms with Crippen molar-refractivity contribution in [2.75, 3.05) is 6.54 Å².